The molecule has 0 radical (unpaired) electrons. The van der Waals surface area contributed by atoms with E-state index in [1.165, 1.54) is 11.1 Å². The minimum Gasteiger partial charge on any atom is -0.329 e. The highest BCUT2D eigenvalue weighted by Crippen LogP contribution is 2.26. The van der Waals surface area contributed by atoms with Crippen LogP contribution in [0, 0.1) is 6.92 Å². The van der Waals surface area contributed by atoms with Crippen molar-refractivity contribution in [3.05, 3.63) is 63.9 Å². The molecule has 1 aromatic heterocycles. The molecule has 1 heterocycles. The molecule has 0 aliphatic heterocycles. The summed E-state index contributed by atoms with van der Waals surface area (Å²) in [5, 5.41) is 0. The zero-order chi connectivity index (χ0) is 15.2. The number of benzene rings is 1. The normalized spacial score (nSPS) is 12.6. The molecule has 21 heavy (non-hydrogen) atoms. The number of aromatic nitrogens is 1. The summed E-state index contributed by atoms with van der Waals surface area (Å²) in [4.78, 5) is 6.78. The monoisotopic (exact) mass is 347 g/mol. The molecule has 0 fully saturated rings. The molecule has 112 valence electrons. The molecule has 0 spiro atoms. The van der Waals surface area contributed by atoms with Crippen molar-refractivity contribution in [2.75, 3.05) is 13.1 Å². The van der Waals surface area contributed by atoms with Gasteiger partial charge in [0.05, 0.1) is 5.69 Å². The van der Waals surface area contributed by atoms with Crippen molar-refractivity contribution < 1.29 is 0 Å². The van der Waals surface area contributed by atoms with Crippen molar-refractivity contribution >= 4 is 15.9 Å². The van der Waals surface area contributed by atoms with E-state index in [1.54, 1.807) is 0 Å². The molecule has 1 aromatic carbocycles. The van der Waals surface area contributed by atoms with Crippen molar-refractivity contribution in [2.45, 2.75) is 26.4 Å². The molecule has 2 aromatic rings. The molecule has 1 unspecified atom stereocenters. The number of pyridine rings is 1. The van der Waals surface area contributed by atoms with E-state index in [-0.39, 0.29) is 6.04 Å². The number of hydrogen-bond acceptors (Lipinski definition) is 3. The van der Waals surface area contributed by atoms with Gasteiger partial charge in [-0.3, -0.25) is 9.88 Å². The molecule has 0 aliphatic rings. The molecule has 3 nitrogen and oxygen atoms in total. The minimum absolute atomic E-state index is 0.203. The average molecular weight is 348 g/mol. The first-order valence-corrected chi connectivity index (χ1v) is 8.05. The number of nitrogens with zero attached hydrogens (tertiary/aromatic N) is 2. The maximum atomic E-state index is 6.05. The van der Waals surface area contributed by atoms with Gasteiger partial charge in [-0.1, -0.05) is 41.1 Å². The Morgan fingerprint density at radius 2 is 2.10 bits per heavy atom. The Bertz CT molecular complexity index is 572. The van der Waals surface area contributed by atoms with Crippen LogP contribution in [0.2, 0.25) is 0 Å². The second-order valence-corrected chi connectivity index (χ2v) is 6.00. The minimum atomic E-state index is 0.203. The van der Waals surface area contributed by atoms with Crippen LogP contribution in [0.1, 0.15) is 29.8 Å². The lowest BCUT2D eigenvalue weighted by Crippen LogP contribution is -2.33. The first kappa shape index (κ1) is 16.1. The third-order valence-corrected chi connectivity index (χ3v) is 4.60. The van der Waals surface area contributed by atoms with Gasteiger partial charge < -0.3 is 5.73 Å². The Morgan fingerprint density at radius 3 is 2.67 bits per heavy atom. The van der Waals surface area contributed by atoms with Crippen LogP contribution in [-0.2, 0) is 6.54 Å². The first-order valence-electron chi connectivity index (χ1n) is 7.25. The summed E-state index contributed by atoms with van der Waals surface area (Å²) in [6.07, 6.45) is 1.84. The number of rotatable bonds is 6. The second-order valence-electron chi connectivity index (χ2n) is 5.14. The lowest BCUT2D eigenvalue weighted by molar-refractivity contribution is 0.201. The number of hydrogen-bond donors (Lipinski definition) is 1. The van der Waals surface area contributed by atoms with Crippen LogP contribution in [0.25, 0.3) is 0 Å². The second kappa shape index (κ2) is 7.69. The first-order chi connectivity index (χ1) is 10.2. The summed E-state index contributed by atoms with van der Waals surface area (Å²) in [6, 6.07) is 12.7. The van der Waals surface area contributed by atoms with Gasteiger partial charge in [-0.15, -0.1) is 0 Å². The topological polar surface area (TPSA) is 42.2 Å². The van der Waals surface area contributed by atoms with Gasteiger partial charge in [0.25, 0.3) is 0 Å². The number of halogens is 1. The van der Waals surface area contributed by atoms with Crippen LogP contribution in [0.15, 0.2) is 47.1 Å². The molecule has 0 amide bonds. The number of aryl methyl sites for hydroxylation is 1. The number of nitrogens with two attached hydrogens (primary N) is 1. The van der Waals surface area contributed by atoms with Gasteiger partial charge in [0, 0.05) is 29.8 Å². The third-order valence-electron chi connectivity index (χ3n) is 3.74. The molecule has 0 saturated heterocycles. The summed E-state index contributed by atoms with van der Waals surface area (Å²) in [7, 11) is 0. The zero-order valence-electron chi connectivity index (χ0n) is 12.6. The summed E-state index contributed by atoms with van der Waals surface area (Å²) in [5.74, 6) is 0. The van der Waals surface area contributed by atoms with Crippen LogP contribution in [0.4, 0.5) is 0 Å². The largest absolute Gasteiger partial charge is 0.329 e. The van der Waals surface area contributed by atoms with Crippen LogP contribution in [0.3, 0.4) is 0 Å². The highest BCUT2D eigenvalue weighted by molar-refractivity contribution is 9.10. The van der Waals surface area contributed by atoms with Gasteiger partial charge in [-0.2, -0.15) is 0 Å². The van der Waals surface area contributed by atoms with E-state index >= 15 is 0 Å². The molecule has 0 aliphatic carbocycles. The van der Waals surface area contributed by atoms with Crippen molar-refractivity contribution in [2.24, 2.45) is 5.73 Å². The molecule has 0 bridgehead atoms. The van der Waals surface area contributed by atoms with E-state index in [2.05, 4.69) is 63.9 Å². The van der Waals surface area contributed by atoms with Crippen molar-refractivity contribution in [3.63, 3.8) is 0 Å². The SMILES string of the molecule is CCN(Cc1ccccn1)C(CN)c1ccc(C)c(Br)c1. The smallest absolute Gasteiger partial charge is 0.0544 e. The van der Waals surface area contributed by atoms with E-state index in [0.29, 0.717) is 6.54 Å². The van der Waals surface area contributed by atoms with Gasteiger partial charge in [0.1, 0.15) is 0 Å². The van der Waals surface area contributed by atoms with Crippen LogP contribution in [-0.4, -0.2) is 23.0 Å². The maximum Gasteiger partial charge on any atom is 0.0544 e. The van der Waals surface area contributed by atoms with E-state index in [1.807, 2.05) is 18.3 Å². The van der Waals surface area contributed by atoms with Crippen molar-refractivity contribution in [3.8, 4) is 0 Å². The molecular weight excluding hydrogens is 326 g/mol. The van der Waals surface area contributed by atoms with E-state index in [4.69, 9.17) is 5.73 Å². The summed E-state index contributed by atoms with van der Waals surface area (Å²) >= 11 is 3.61. The van der Waals surface area contributed by atoms with Gasteiger partial charge in [-0.05, 0) is 42.8 Å². The average Bonchev–Trinajstić information content (AvgIpc) is 2.51. The standard InChI is InChI=1S/C17H22BrN3/c1-3-21(12-15-6-4-5-9-20-15)17(11-19)14-8-7-13(2)16(18)10-14/h4-10,17H,3,11-12,19H2,1-2H3. The third kappa shape index (κ3) is 4.13. The van der Waals surface area contributed by atoms with Crippen LogP contribution >= 0.6 is 15.9 Å². The fourth-order valence-electron chi connectivity index (χ4n) is 2.45. The lowest BCUT2D eigenvalue weighted by atomic mass is 10.0. The molecular formula is C17H22BrN3. The predicted octanol–water partition coefficient (Wildman–Crippen LogP) is 3.67. The van der Waals surface area contributed by atoms with Gasteiger partial charge in [-0.25, -0.2) is 0 Å². The van der Waals surface area contributed by atoms with Gasteiger partial charge in [0.2, 0.25) is 0 Å². The molecule has 2 N–H and O–H groups in total. The fraction of sp³-hybridized carbons (Fsp3) is 0.353. The van der Waals surface area contributed by atoms with E-state index < -0.39 is 0 Å². The lowest BCUT2D eigenvalue weighted by Gasteiger charge is -2.30. The number of likely N-dealkylation sites (N-methyl/N-ethyl adjacent to an activating group) is 1. The molecule has 1 atom stereocenters. The molecule has 0 saturated carbocycles. The Balaban J connectivity index is 2.22. The highest BCUT2D eigenvalue weighted by atomic mass is 79.9. The summed E-state index contributed by atoms with van der Waals surface area (Å²) < 4.78 is 1.13. The van der Waals surface area contributed by atoms with Crippen molar-refractivity contribution in [1.82, 2.24) is 9.88 Å². The van der Waals surface area contributed by atoms with E-state index in [9.17, 15) is 0 Å². The predicted molar refractivity (Wildman–Crippen MR) is 91.0 cm³/mol. The molecule has 4 heteroatoms. The highest BCUT2D eigenvalue weighted by Gasteiger charge is 2.18. The maximum absolute atomic E-state index is 6.05. The van der Waals surface area contributed by atoms with Gasteiger partial charge >= 0.3 is 0 Å². The Hall–Kier alpha value is -1.23. The van der Waals surface area contributed by atoms with Crippen LogP contribution in [0.5, 0.6) is 0 Å². The van der Waals surface area contributed by atoms with Crippen LogP contribution < -0.4 is 5.73 Å². The summed E-state index contributed by atoms with van der Waals surface area (Å²) in [6.45, 7) is 6.59. The van der Waals surface area contributed by atoms with Gasteiger partial charge in [0.15, 0.2) is 0 Å². The fourth-order valence-corrected chi connectivity index (χ4v) is 2.85. The zero-order valence-corrected chi connectivity index (χ0v) is 14.2. The Labute approximate surface area is 135 Å². The quantitative estimate of drug-likeness (QED) is 0.866. The Morgan fingerprint density at radius 1 is 1.29 bits per heavy atom. The molecule has 2 rings (SSSR count). The Kier molecular flexibility index (Phi) is 5.91. The van der Waals surface area contributed by atoms with E-state index in [0.717, 1.165) is 23.3 Å². The van der Waals surface area contributed by atoms with Crippen molar-refractivity contribution in [1.29, 1.82) is 0 Å². The summed E-state index contributed by atoms with van der Waals surface area (Å²) in [5.41, 5.74) is 9.60.